The highest BCUT2D eigenvalue weighted by Gasteiger charge is 2.25. The zero-order chi connectivity index (χ0) is 18.1. The zero-order valence-electron chi connectivity index (χ0n) is 14.7. The number of carbonyl (C=O) groups is 1. The number of nitrogens with zero attached hydrogens (tertiary/aromatic N) is 4. The fourth-order valence-electron chi connectivity index (χ4n) is 3.59. The van der Waals surface area contributed by atoms with Crippen molar-refractivity contribution in [2.75, 3.05) is 38.2 Å². The molecule has 1 aromatic heterocycles. The molecule has 136 valence electrons. The van der Waals surface area contributed by atoms with Crippen molar-refractivity contribution in [2.45, 2.75) is 19.3 Å². The van der Waals surface area contributed by atoms with Crippen LogP contribution < -0.4 is 9.64 Å². The molecule has 2 heterocycles. The van der Waals surface area contributed by atoms with E-state index in [1.54, 1.807) is 11.0 Å². The summed E-state index contributed by atoms with van der Waals surface area (Å²) in [6.45, 7) is 2.53. The highest BCUT2D eigenvalue weighted by molar-refractivity contribution is 5.94. The van der Waals surface area contributed by atoms with Gasteiger partial charge in [-0.3, -0.25) is 4.79 Å². The molecule has 0 spiro atoms. The van der Waals surface area contributed by atoms with Crippen molar-refractivity contribution in [2.24, 2.45) is 0 Å². The van der Waals surface area contributed by atoms with Crippen molar-refractivity contribution in [3.8, 4) is 5.75 Å². The predicted octanol–water partition coefficient (Wildman–Crippen LogP) is 2.08. The Balaban J connectivity index is 1.41. The minimum atomic E-state index is -0.523. The second-order valence-electron chi connectivity index (χ2n) is 6.66. The molecule has 0 atom stereocenters. The first kappa shape index (κ1) is 16.8. The first-order chi connectivity index (χ1) is 12.7. The fourth-order valence-corrected chi connectivity index (χ4v) is 3.59. The standard InChI is InChI=1S/C19H21FN4O2/c1-26-17-6-5-14(11-15(17)20)19(25)24-9-7-23(8-10-24)18-12-13-3-2-4-16(13)21-22-18/h5-6,11-12H,2-4,7-10H2,1H3. The van der Waals surface area contributed by atoms with Gasteiger partial charge in [-0.05, 0) is 49.1 Å². The van der Waals surface area contributed by atoms with E-state index in [2.05, 4.69) is 21.2 Å². The molecule has 1 aliphatic carbocycles. The highest BCUT2D eigenvalue weighted by atomic mass is 19.1. The number of halogens is 1. The summed E-state index contributed by atoms with van der Waals surface area (Å²) in [4.78, 5) is 16.5. The topological polar surface area (TPSA) is 58.6 Å². The van der Waals surface area contributed by atoms with Crippen LogP contribution in [-0.2, 0) is 12.8 Å². The van der Waals surface area contributed by atoms with Crippen LogP contribution in [0, 0.1) is 5.82 Å². The van der Waals surface area contributed by atoms with Crippen LogP contribution in [0.4, 0.5) is 10.2 Å². The summed E-state index contributed by atoms with van der Waals surface area (Å²) in [7, 11) is 1.40. The Labute approximate surface area is 151 Å². The summed E-state index contributed by atoms with van der Waals surface area (Å²) >= 11 is 0. The Morgan fingerprint density at radius 2 is 1.92 bits per heavy atom. The molecule has 2 aliphatic rings. The lowest BCUT2D eigenvalue weighted by Crippen LogP contribution is -2.49. The van der Waals surface area contributed by atoms with Gasteiger partial charge in [0.25, 0.3) is 5.91 Å². The average molecular weight is 356 g/mol. The maximum absolute atomic E-state index is 13.9. The van der Waals surface area contributed by atoms with Crippen LogP contribution in [0.1, 0.15) is 28.0 Å². The third kappa shape index (κ3) is 3.09. The summed E-state index contributed by atoms with van der Waals surface area (Å²) < 4.78 is 18.8. The van der Waals surface area contributed by atoms with E-state index in [1.165, 1.54) is 24.8 Å². The minimum Gasteiger partial charge on any atom is -0.494 e. The van der Waals surface area contributed by atoms with Gasteiger partial charge in [0.1, 0.15) is 0 Å². The highest BCUT2D eigenvalue weighted by Crippen LogP contribution is 2.24. The Kier molecular flexibility index (Phi) is 4.44. The van der Waals surface area contributed by atoms with Crippen molar-refractivity contribution in [1.29, 1.82) is 0 Å². The molecule has 6 nitrogen and oxygen atoms in total. The van der Waals surface area contributed by atoms with Gasteiger partial charge in [0, 0.05) is 31.7 Å². The van der Waals surface area contributed by atoms with Gasteiger partial charge >= 0.3 is 0 Å². The predicted molar refractivity (Wildman–Crippen MR) is 95.1 cm³/mol. The van der Waals surface area contributed by atoms with E-state index < -0.39 is 5.82 Å². The number of fused-ring (bicyclic) bond motifs is 1. The quantitative estimate of drug-likeness (QED) is 0.843. The van der Waals surface area contributed by atoms with E-state index in [0.29, 0.717) is 31.7 Å². The number of piperazine rings is 1. The molecule has 0 N–H and O–H groups in total. The lowest BCUT2D eigenvalue weighted by atomic mass is 10.1. The zero-order valence-corrected chi connectivity index (χ0v) is 14.7. The fraction of sp³-hybridized carbons (Fsp3) is 0.421. The van der Waals surface area contributed by atoms with E-state index in [4.69, 9.17) is 4.74 Å². The van der Waals surface area contributed by atoms with Crippen molar-refractivity contribution in [3.05, 3.63) is 46.9 Å². The summed E-state index contributed by atoms with van der Waals surface area (Å²) in [5.41, 5.74) is 2.75. The number of ether oxygens (including phenoxy) is 1. The lowest BCUT2D eigenvalue weighted by molar-refractivity contribution is 0.0746. The molecule has 4 rings (SSSR count). The molecule has 1 saturated heterocycles. The summed E-state index contributed by atoms with van der Waals surface area (Å²) in [5, 5.41) is 8.68. The van der Waals surface area contributed by atoms with Crippen LogP contribution in [0.25, 0.3) is 0 Å². The Bertz CT molecular complexity index is 834. The average Bonchev–Trinajstić information content (AvgIpc) is 3.15. The first-order valence-electron chi connectivity index (χ1n) is 8.89. The van der Waals surface area contributed by atoms with Crippen LogP contribution in [0.3, 0.4) is 0 Å². The van der Waals surface area contributed by atoms with E-state index in [1.807, 2.05) is 0 Å². The smallest absolute Gasteiger partial charge is 0.254 e. The molecule has 1 amide bonds. The number of anilines is 1. The number of carbonyl (C=O) groups excluding carboxylic acids is 1. The van der Waals surface area contributed by atoms with Gasteiger partial charge in [0.15, 0.2) is 17.4 Å². The number of methoxy groups -OCH3 is 1. The van der Waals surface area contributed by atoms with E-state index in [9.17, 15) is 9.18 Å². The van der Waals surface area contributed by atoms with Crippen LogP contribution in [-0.4, -0.2) is 54.3 Å². The summed E-state index contributed by atoms with van der Waals surface area (Å²) in [6, 6.07) is 6.45. The molecular weight excluding hydrogens is 335 g/mol. The van der Waals surface area contributed by atoms with Crippen LogP contribution in [0.15, 0.2) is 24.3 Å². The summed E-state index contributed by atoms with van der Waals surface area (Å²) in [6.07, 6.45) is 3.23. The van der Waals surface area contributed by atoms with Crippen molar-refractivity contribution in [3.63, 3.8) is 0 Å². The largest absolute Gasteiger partial charge is 0.494 e. The Morgan fingerprint density at radius 3 is 2.65 bits per heavy atom. The maximum atomic E-state index is 13.9. The van der Waals surface area contributed by atoms with Crippen LogP contribution >= 0.6 is 0 Å². The molecule has 0 saturated carbocycles. The number of hydrogen-bond donors (Lipinski definition) is 0. The number of hydrogen-bond acceptors (Lipinski definition) is 5. The molecule has 2 aromatic rings. The molecule has 0 unspecified atom stereocenters. The van der Waals surface area contributed by atoms with Crippen molar-refractivity contribution < 1.29 is 13.9 Å². The monoisotopic (exact) mass is 356 g/mol. The normalized spacial score (nSPS) is 16.5. The van der Waals surface area contributed by atoms with E-state index >= 15 is 0 Å². The Hall–Kier alpha value is -2.70. The molecular formula is C19H21FN4O2. The molecule has 0 radical (unpaired) electrons. The van der Waals surface area contributed by atoms with Gasteiger partial charge in [-0.25, -0.2) is 4.39 Å². The number of aromatic nitrogens is 2. The summed E-state index contributed by atoms with van der Waals surface area (Å²) in [5.74, 6) is 0.339. The molecule has 1 aliphatic heterocycles. The third-order valence-corrected chi connectivity index (χ3v) is 5.10. The van der Waals surface area contributed by atoms with Crippen molar-refractivity contribution in [1.82, 2.24) is 15.1 Å². The molecule has 7 heteroatoms. The number of rotatable bonds is 3. The molecule has 1 fully saturated rings. The van der Waals surface area contributed by atoms with Crippen molar-refractivity contribution >= 4 is 11.7 Å². The SMILES string of the molecule is COc1ccc(C(=O)N2CCN(c3cc4c(nn3)CCC4)CC2)cc1F. The molecule has 1 aromatic carbocycles. The number of aryl methyl sites for hydroxylation is 2. The second kappa shape index (κ2) is 6.90. The van der Waals surface area contributed by atoms with Gasteiger partial charge in [-0.1, -0.05) is 0 Å². The molecule has 26 heavy (non-hydrogen) atoms. The first-order valence-corrected chi connectivity index (χ1v) is 8.89. The maximum Gasteiger partial charge on any atom is 0.254 e. The van der Waals surface area contributed by atoms with Crippen LogP contribution in [0.2, 0.25) is 0 Å². The van der Waals surface area contributed by atoms with Gasteiger partial charge < -0.3 is 14.5 Å². The number of amides is 1. The van der Waals surface area contributed by atoms with Gasteiger partial charge in [0.2, 0.25) is 0 Å². The minimum absolute atomic E-state index is 0.140. The Morgan fingerprint density at radius 1 is 1.12 bits per heavy atom. The second-order valence-corrected chi connectivity index (χ2v) is 6.66. The third-order valence-electron chi connectivity index (χ3n) is 5.10. The van der Waals surface area contributed by atoms with Gasteiger partial charge in [-0.2, -0.15) is 5.10 Å². The van der Waals surface area contributed by atoms with E-state index in [-0.39, 0.29) is 11.7 Å². The molecule has 0 bridgehead atoms. The van der Waals surface area contributed by atoms with Gasteiger partial charge in [-0.15, -0.1) is 5.10 Å². The number of benzene rings is 1. The van der Waals surface area contributed by atoms with E-state index in [0.717, 1.165) is 30.8 Å². The lowest BCUT2D eigenvalue weighted by Gasteiger charge is -2.35. The van der Waals surface area contributed by atoms with Crippen LogP contribution in [0.5, 0.6) is 5.75 Å². The van der Waals surface area contributed by atoms with Gasteiger partial charge in [0.05, 0.1) is 12.8 Å².